The normalized spacial score (nSPS) is 20.4. The molecule has 1 aromatic carbocycles. The lowest BCUT2D eigenvalue weighted by Crippen LogP contribution is -2.36. The number of anilines is 1. The van der Waals surface area contributed by atoms with Crippen LogP contribution in [0.15, 0.2) is 40.5 Å². The molecule has 0 saturated carbocycles. The van der Waals surface area contributed by atoms with Crippen molar-refractivity contribution >= 4 is 23.3 Å². The monoisotopic (exact) mass is 330 g/mol. The maximum Gasteiger partial charge on any atom is 0.336 e. The smallest absolute Gasteiger partial charge is 0.336 e. The van der Waals surface area contributed by atoms with E-state index in [9.17, 15) is 9.59 Å². The van der Waals surface area contributed by atoms with Gasteiger partial charge in [-0.1, -0.05) is 12.1 Å². The average molecular weight is 330 g/mol. The van der Waals surface area contributed by atoms with Crippen molar-refractivity contribution in [2.45, 2.75) is 26.7 Å². The van der Waals surface area contributed by atoms with E-state index in [-0.39, 0.29) is 6.61 Å². The first kappa shape index (κ1) is 17.7. The second-order valence-electron chi connectivity index (χ2n) is 5.62. The number of carbonyl (C=O) groups excluding carboxylic acids is 2. The first-order chi connectivity index (χ1) is 11.4. The topological polar surface area (TPSA) is 91.0 Å². The molecule has 24 heavy (non-hydrogen) atoms. The number of ether oxygens (including phenoxy) is 2. The predicted octanol–water partition coefficient (Wildman–Crippen LogP) is 2.45. The third-order valence-corrected chi connectivity index (χ3v) is 4.07. The highest BCUT2D eigenvalue weighted by Gasteiger charge is 2.42. The first-order valence-corrected chi connectivity index (χ1v) is 7.77. The highest BCUT2D eigenvalue weighted by Crippen LogP contribution is 2.40. The van der Waals surface area contributed by atoms with E-state index in [0.717, 1.165) is 5.56 Å². The molecule has 2 unspecified atom stereocenters. The van der Waals surface area contributed by atoms with E-state index in [1.165, 1.54) is 7.11 Å². The average Bonchev–Trinajstić information content (AvgIpc) is 2.54. The molecule has 1 heterocycles. The summed E-state index contributed by atoms with van der Waals surface area (Å²) in [6.45, 7) is 5.49. The van der Waals surface area contributed by atoms with Crippen LogP contribution in [0, 0.1) is 5.92 Å². The second kappa shape index (κ2) is 7.29. The number of hydrogen-bond acceptors (Lipinski definition) is 6. The molecule has 128 valence electrons. The Kier molecular flexibility index (Phi) is 5.39. The van der Waals surface area contributed by atoms with E-state index in [2.05, 4.69) is 4.99 Å². The van der Waals surface area contributed by atoms with E-state index in [0.29, 0.717) is 22.7 Å². The molecule has 2 N–H and O–H groups in total. The Balaban J connectivity index is 2.62. The molecular formula is C18H22N2O4. The van der Waals surface area contributed by atoms with Gasteiger partial charge >= 0.3 is 11.9 Å². The van der Waals surface area contributed by atoms with Crippen LogP contribution in [0.5, 0.6) is 0 Å². The molecule has 0 aliphatic carbocycles. The molecule has 0 amide bonds. The summed E-state index contributed by atoms with van der Waals surface area (Å²) in [7, 11) is 1.32. The number of carbonyl (C=O) groups is 2. The molecule has 6 heteroatoms. The lowest BCUT2D eigenvalue weighted by molar-refractivity contribution is -0.144. The fraction of sp³-hybridized carbons (Fsp3) is 0.389. The number of methoxy groups -OCH3 is 1. The summed E-state index contributed by atoms with van der Waals surface area (Å²) in [6.07, 6.45) is 0. The third kappa shape index (κ3) is 3.32. The number of hydrogen-bond donors (Lipinski definition) is 1. The van der Waals surface area contributed by atoms with Crippen molar-refractivity contribution in [1.82, 2.24) is 0 Å². The minimum atomic E-state index is -0.679. The highest BCUT2D eigenvalue weighted by molar-refractivity contribution is 6.06. The Labute approximate surface area is 141 Å². The summed E-state index contributed by atoms with van der Waals surface area (Å²) in [5, 5.41) is 0. The van der Waals surface area contributed by atoms with Crippen LogP contribution in [0.25, 0.3) is 0 Å². The summed E-state index contributed by atoms with van der Waals surface area (Å²) < 4.78 is 10.1. The van der Waals surface area contributed by atoms with Gasteiger partial charge in [-0.3, -0.25) is 9.79 Å². The summed E-state index contributed by atoms with van der Waals surface area (Å²) in [6, 6.07) is 7.09. The van der Waals surface area contributed by atoms with Gasteiger partial charge in [0.25, 0.3) is 0 Å². The zero-order chi connectivity index (χ0) is 17.9. The predicted molar refractivity (Wildman–Crippen MR) is 91.5 cm³/mol. The maximum absolute atomic E-state index is 12.5. The molecule has 2 rings (SSSR count). The number of benzene rings is 1. The van der Waals surface area contributed by atoms with Crippen LogP contribution in [0.1, 0.15) is 32.3 Å². The fourth-order valence-electron chi connectivity index (χ4n) is 3.01. The van der Waals surface area contributed by atoms with Crippen molar-refractivity contribution in [1.29, 1.82) is 0 Å². The van der Waals surface area contributed by atoms with Gasteiger partial charge in [0, 0.05) is 23.0 Å². The molecule has 6 nitrogen and oxygen atoms in total. The lowest BCUT2D eigenvalue weighted by atomic mass is 9.75. The van der Waals surface area contributed by atoms with Gasteiger partial charge < -0.3 is 15.2 Å². The SMILES string of the molecule is CCOC(=O)C1=C(C)N=C(C)C(C(=O)OC)C1c1ccc(N)cc1. The van der Waals surface area contributed by atoms with Gasteiger partial charge in [0.05, 0.1) is 19.3 Å². The molecule has 0 bridgehead atoms. The van der Waals surface area contributed by atoms with Crippen molar-refractivity contribution in [3.8, 4) is 0 Å². The molecule has 1 aliphatic heterocycles. The molecular weight excluding hydrogens is 308 g/mol. The van der Waals surface area contributed by atoms with Crippen molar-refractivity contribution in [3.63, 3.8) is 0 Å². The van der Waals surface area contributed by atoms with Crippen LogP contribution < -0.4 is 5.73 Å². The van der Waals surface area contributed by atoms with Crippen LogP contribution in [0.4, 0.5) is 5.69 Å². The van der Waals surface area contributed by atoms with Crippen molar-refractivity contribution in [2.75, 3.05) is 19.5 Å². The summed E-state index contributed by atoms with van der Waals surface area (Å²) >= 11 is 0. The largest absolute Gasteiger partial charge is 0.468 e. The van der Waals surface area contributed by atoms with Crippen LogP contribution >= 0.6 is 0 Å². The van der Waals surface area contributed by atoms with Crippen LogP contribution in [0.2, 0.25) is 0 Å². The number of allylic oxidation sites excluding steroid dienone is 1. The molecule has 0 radical (unpaired) electrons. The van der Waals surface area contributed by atoms with Gasteiger partial charge in [0.1, 0.15) is 5.92 Å². The number of esters is 2. The minimum absolute atomic E-state index is 0.246. The molecule has 0 aromatic heterocycles. The summed E-state index contributed by atoms with van der Waals surface area (Å²) in [5.74, 6) is -2.11. The van der Waals surface area contributed by atoms with Gasteiger partial charge in [-0.05, 0) is 38.5 Å². The van der Waals surface area contributed by atoms with Gasteiger partial charge in [-0.25, -0.2) is 4.79 Å². The zero-order valence-corrected chi connectivity index (χ0v) is 14.3. The van der Waals surface area contributed by atoms with Gasteiger partial charge in [0.15, 0.2) is 0 Å². The maximum atomic E-state index is 12.5. The molecule has 2 atom stereocenters. The number of rotatable bonds is 4. The van der Waals surface area contributed by atoms with Gasteiger partial charge in [-0.2, -0.15) is 0 Å². The van der Waals surface area contributed by atoms with E-state index in [4.69, 9.17) is 15.2 Å². The van der Waals surface area contributed by atoms with Crippen LogP contribution in [-0.4, -0.2) is 31.4 Å². The Bertz CT molecular complexity index is 704. The molecule has 1 aliphatic rings. The lowest BCUT2D eigenvalue weighted by Gasteiger charge is -2.31. The molecule has 1 aromatic rings. The summed E-state index contributed by atoms with van der Waals surface area (Å²) in [5.41, 5.74) is 8.68. The van der Waals surface area contributed by atoms with E-state index < -0.39 is 23.8 Å². The highest BCUT2D eigenvalue weighted by atomic mass is 16.5. The quantitative estimate of drug-likeness (QED) is 0.676. The fourth-order valence-corrected chi connectivity index (χ4v) is 3.01. The standard InChI is InChI=1S/C18H22N2O4/c1-5-24-18(22)15-11(3)20-10(2)14(17(21)23-4)16(15)12-6-8-13(19)9-7-12/h6-9,14,16H,5,19H2,1-4H3. The first-order valence-electron chi connectivity index (χ1n) is 7.77. The van der Waals surface area contributed by atoms with E-state index >= 15 is 0 Å². The molecule has 0 spiro atoms. The van der Waals surface area contributed by atoms with Gasteiger partial charge in [-0.15, -0.1) is 0 Å². The Morgan fingerprint density at radius 3 is 2.38 bits per heavy atom. The number of nitrogen functional groups attached to an aromatic ring is 1. The minimum Gasteiger partial charge on any atom is -0.468 e. The number of aliphatic imine (C=N–C) groups is 1. The van der Waals surface area contributed by atoms with Crippen molar-refractivity contribution in [3.05, 3.63) is 41.1 Å². The number of nitrogens with zero attached hydrogens (tertiary/aromatic N) is 1. The van der Waals surface area contributed by atoms with E-state index in [1.54, 1.807) is 45.0 Å². The Morgan fingerprint density at radius 2 is 1.83 bits per heavy atom. The zero-order valence-electron chi connectivity index (χ0n) is 14.3. The second-order valence-corrected chi connectivity index (χ2v) is 5.62. The molecule has 0 saturated heterocycles. The van der Waals surface area contributed by atoms with Gasteiger partial charge in [0.2, 0.25) is 0 Å². The van der Waals surface area contributed by atoms with Crippen LogP contribution in [0.3, 0.4) is 0 Å². The van der Waals surface area contributed by atoms with Crippen molar-refractivity contribution < 1.29 is 19.1 Å². The third-order valence-electron chi connectivity index (χ3n) is 4.07. The van der Waals surface area contributed by atoms with E-state index in [1.807, 2.05) is 0 Å². The Hall–Kier alpha value is -2.63. The number of nitrogens with two attached hydrogens (primary N) is 1. The van der Waals surface area contributed by atoms with Crippen molar-refractivity contribution in [2.24, 2.45) is 10.9 Å². The Morgan fingerprint density at radius 1 is 1.21 bits per heavy atom. The molecule has 0 fully saturated rings. The van der Waals surface area contributed by atoms with Crippen LogP contribution in [-0.2, 0) is 19.1 Å². The summed E-state index contributed by atoms with van der Waals surface area (Å²) in [4.78, 5) is 29.2.